The monoisotopic (exact) mass is 355 g/mol. The Balaban J connectivity index is 1.20. The van der Waals surface area contributed by atoms with Crippen LogP contribution >= 0.6 is 0 Å². The SMILES string of the molecule is O=C(COc1ccc2nncn2n1)NCCC1COc2ccccc2O1. The summed E-state index contributed by atoms with van der Waals surface area (Å²) in [4.78, 5) is 11.9. The van der Waals surface area contributed by atoms with E-state index in [2.05, 4.69) is 20.6 Å². The third kappa shape index (κ3) is 3.66. The van der Waals surface area contributed by atoms with Crippen molar-refractivity contribution in [1.82, 2.24) is 25.1 Å². The molecule has 1 aliphatic rings. The summed E-state index contributed by atoms with van der Waals surface area (Å²) in [6.07, 6.45) is 2.02. The molecule has 9 nitrogen and oxygen atoms in total. The van der Waals surface area contributed by atoms with Crippen molar-refractivity contribution in [2.24, 2.45) is 0 Å². The van der Waals surface area contributed by atoms with E-state index in [0.717, 1.165) is 11.5 Å². The van der Waals surface area contributed by atoms with Gasteiger partial charge in [-0.1, -0.05) is 12.1 Å². The lowest BCUT2D eigenvalue weighted by atomic mass is 10.2. The van der Waals surface area contributed by atoms with Gasteiger partial charge in [0.15, 0.2) is 23.8 Å². The first kappa shape index (κ1) is 16.1. The second-order valence-corrected chi connectivity index (χ2v) is 5.73. The van der Waals surface area contributed by atoms with E-state index in [1.807, 2.05) is 24.3 Å². The van der Waals surface area contributed by atoms with Crippen molar-refractivity contribution in [3.63, 3.8) is 0 Å². The van der Waals surface area contributed by atoms with E-state index in [1.54, 1.807) is 12.1 Å². The average molecular weight is 355 g/mol. The van der Waals surface area contributed by atoms with Gasteiger partial charge in [0.05, 0.1) is 0 Å². The minimum Gasteiger partial charge on any atom is -0.486 e. The summed E-state index contributed by atoms with van der Waals surface area (Å²) in [7, 11) is 0. The van der Waals surface area contributed by atoms with Crippen molar-refractivity contribution in [2.45, 2.75) is 12.5 Å². The minimum atomic E-state index is -0.229. The van der Waals surface area contributed by atoms with Gasteiger partial charge in [-0.3, -0.25) is 4.79 Å². The molecule has 0 saturated heterocycles. The second-order valence-electron chi connectivity index (χ2n) is 5.73. The molecule has 0 fully saturated rings. The molecular formula is C17H17N5O4. The molecule has 9 heteroatoms. The molecule has 1 atom stereocenters. The van der Waals surface area contributed by atoms with Gasteiger partial charge in [0, 0.05) is 19.0 Å². The maximum Gasteiger partial charge on any atom is 0.258 e. The number of nitrogens with one attached hydrogen (secondary N) is 1. The third-order valence-corrected chi connectivity index (χ3v) is 3.84. The predicted molar refractivity (Wildman–Crippen MR) is 90.3 cm³/mol. The van der Waals surface area contributed by atoms with E-state index in [4.69, 9.17) is 14.2 Å². The largest absolute Gasteiger partial charge is 0.486 e. The van der Waals surface area contributed by atoms with E-state index >= 15 is 0 Å². The Kier molecular flexibility index (Phi) is 4.50. The first-order valence-electron chi connectivity index (χ1n) is 8.23. The second kappa shape index (κ2) is 7.26. The van der Waals surface area contributed by atoms with Crippen molar-refractivity contribution < 1.29 is 19.0 Å². The van der Waals surface area contributed by atoms with Crippen LogP contribution in [-0.4, -0.2) is 51.6 Å². The summed E-state index contributed by atoms with van der Waals surface area (Å²) in [6, 6.07) is 10.9. The molecule has 2 aromatic heterocycles. The molecule has 0 saturated carbocycles. The molecule has 3 heterocycles. The van der Waals surface area contributed by atoms with Gasteiger partial charge in [0.1, 0.15) is 19.0 Å². The summed E-state index contributed by atoms with van der Waals surface area (Å²) >= 11 is 0. The highest BCUT2D eigenvalue weighted by Crippen LogP contribution is 2.31. The topological polar surface area (TPSA) is 99.9 Å². The fraction of sp³-hybridized carbons (Fsp3) is 0.294. The summed E-state index contributed by atoms with van der Waals surface area (Å²) in [5.74, 6) is 1.58. The lowest BCUT2D eigenvalue weighted by Crippen LogP contribution is -2.36. The molecule has 0 aliphatic carbocycles. The molecule has 1 N–H and O–H groups in total. The number of hydrogen-bond acceptors (Lipinski definition) is 7. The average Bonchev–Trinajstić information content (AvgIpc) is 3.14. The fourth-order valence-corrected chi connectivity index (χ4v) is 2.56. The fourth-order valence-electron chi connectivity index (χ4n) is 2.56. The number of carbonyl (C=O) groups is 1. The number of benzene rings is 1. The Bertz CT molecular complexity index is 913. The first-order valence-corrected chi connectivity index (χ1v) is 8.23. The molecule has 26 heavy (non-hydrogen) atoms. The minimum absolute atomic E-state index is 0.0936. The molecule has 1 amide bonds. The van der Waals surface area contributed by atoms with Crippen LogP contribution in [0.15, 0.2) is 42.7 Å². The summed E-state index contributed by atoms with van der Waals surface area (Å²) < 4.78 is 18.3. The van der Waals surface area contributed by atoms with Crippen molar-refractivity contribution >= 4 is 11.6 Å². The molecule has 1 unspecified atom stereocenters. The van der Waals surface area contributed by atoms with Crippen LogP contribution in [0.4, 0.5) is 0 Å². The van der Waals surface area contributed by atoms with E-state index in [1.165, 1.54) is 10.8 Å². The third-order valence-electron chi connectivity index (χ3n) is 3.84. The zero-order chi connectivity index (χ0) is 17.8. The number of carbonyl (C=O) groups excluding carboxylic acids is 1. The van der Waals surface area contributed by atoms with Crippen LogP contribution in [0.5, 0.6) is 17.4 Å². The highest BCUT2D eigenvalue weighted by Gasteiger charge is 2.20. The van der Waals surface area contributed by atoms with Crippen molar-refractivity contribution in [2.75, 3.05) is 19.8 Å². The van der Waals surface area contributed by atoms with Crippen LogP contribution in [-0.2, 0) is 4.79 Å². The van der Waals surface area contributed by atoms with E-state index < -0.39 is 0 Å². The summed E-state index contributed by atoms with van der Waals surface area (Å²) in [5.41, 5.74) is 0.609. The molecule has 0 spiro atoms. The molecule has 134 valence electrons. The highest BCUT2D eigenvalue weighted by atomic mass is 16.6. The van der Waals surface area contributed by atoms with Gasteiger partial charge in [0.2, 0.25) is 5.88 Å². The van der Waals surface area contributed by atoms with E-state index in [-0.39, 0.29) is 18.6 Å². The number of rotatable bonds is 6. The quantitative estimate of drug-likeness (QED) is 0.700. The summed E-state index contributed by atoms with van der Waals surface area (Å²) in [6.45, 7) is 0.814. The van der Waals surface area contributed by atoms with Crippen LogP contribution in [0.2, 0.25) is 0 Å². The number of para-hydroxylation sites is 2. The van der Waals surface area contributed by atoms with E-state index in [9.17, 15) is 4.79 Å². The van der Waals surface area contributed by atoms with Crippen LogP contribution in [0.1, 0.15) is 6.42 Å². The standard InChI is InChI=1S/C17H17N5O4/c23-16(10-25-17-6-5-15-20-19-11-22(15)21-17)18-8-7-12-9-24-13-3-1-2-4-14(13)26-12/h1-6,11-12H,7-10H2,(H,18,23). The van der Waals surface area contributed by atoms with Gasteiger partial charge in [0.25, 0.3) is 5.91 Å². The van der Waals surface area contributed by atoms with Gasteiger partial charge >= 0.3 is 0 Å². The smallest absolute Gasteiger partial charge is 0.258 e. The molecule has 4 rings (SSSR count). The normalized spacial score (nSPS) is 15.6. The zero-order valence-corrected chi connectivity index (χ0v) is 13.9. The maximum absolute atomic E-state index is 11.9. The lowest BCUT2D eigenvalue weighted by molar-refractivity contribution is -0.123. The zero-order valence-electron chi connectivity index (χ0n) is 13.9. The van der Waals surface area contributed by atoms with Gasteiger partial charge < -0.3 is 19.5 Å². The predicted octanol–water partition coefficient (Wildman–Crippen LogP) is 0.849. The first-order chi connectivity index (χ1) is 12.8. The van der Waals surface area contributed by atoms with Crippen molar-refractivity contribution in [1.29, 1.82) is 0 Å². The van der Waals surface area contributed by atoms with Crippen LogP contribution < -0.4 is 19.5 Å². The Morgan fingerprint density at radius 2 is 2.15 bits per heavy atom. The molecular weight excluding hydrogens is 338 g/mol. The Morgan fingerprint density at radius 1 is 1.27 bits per heavy atom. The van der Waals surface area contributed by atoms with Gasteiger partial charge in [-0.15, -0.1) is 15.3 Å². The molecule has 1 aromatic carbocycles. The van der Waals surface area contributed by atoms with Crippen molar-refractivity contribution in [3.8, 4) is 17.4 Å². The number of ether oxygens (including phenoxy) is 3. The van der Waals surface area contributed by atoms with Crippen LogP contribution in [0, 0.1) is 0 Å². The molecule has 0 bridgehead atoms. The number of fused-ring (bicyclic) bond motifs is 2. The number of aromatic nitrogens is 4. The lowest BCUT2D eigenvalue weighted by Gasteiger charge is -2.26. The number of hydrogen-bond donors (Lipinski definition) is 1. The number of amides is 1. The summed E-state index contributed by atoms with van der Waals surface area (Å²) in [5, 5.41) is 14.5. The van der Waals surface area contributed by atoms with Gasteiger partial charge in [-0.2, -0.15) is 4.52 Å². The van der Waals surface area contributed by atoms with E-state index in [0.29, 0.717) is 31.1 Å². The van der Waals surface area contributed by atoms with Crippen LogP contribution in [0.3, 0.4) is 0 Å². The Morgan fingerprint density at radius 3 is 3.08 bits per heavy atom. The Labute approximate surface area is 148 Å². The van der Waals surface area contributed by atoms with Crippen LogP contribution in [0.25, 0.3) is 5.65 Å². The number of nitrogens with zero attached hydrogens (tertiary/aromatic N) is 4. The van der Waals surface area contributed by atoms with Gasteiger partial charge in [-0.25, -0.2) is 0 Å². The highest BCUT2D eigenvalue weighted by molar-refractivity contribution is 5.77. The van der Waals surface area contributed by atoms with Gasteiger partial charge in [-0.05, 0) is 18.2 Å². The molecule has 0 radical (unpaired) electrons. The Hall–Kier alpha value is -3.36. The van der Waals surface area contributed by atoms with Crippen molar-refractivity contribution in [3.05, 3.63) is 42.7 Å². The molecule has 3 aromatic rings. The maximum atomic E-state index is 11.9. The molecule has 1 aliphatic heterocycles.